The molecular formula is C11H14F3NO2. The minimum Gasteiger partial charge on any atom is -0.388 e. The normalized spacial score (nSPS) is 13.7. The Kier molecular flexibility index (Phi) is 4.89. The molecule has 6 heteroatoms. The average molecular weight is 249 g/mol. The zero-order valence-corrected chi connectivity index (χ0v) is 9.37. The molecule has 0 amide bonds. The predicted molar refractivity (Wildman–Crippen MR) is 55.3 cm³/mol. The van der Waals surface area contributed by atoms with Crippen LogP contribution in [0.25, 0.3) is 0 Å². The van der Waals surface area contributed by atoms with Crippen molar-refractivity contribution in [1.29, 1.82) is 0 Å². The van der Waals surface area contributed by atoms with E-state index in [9.17, 15) is 18.3 Å². The van der Waals surface area contributed by atoms with Crippen LogP contribution in [0.15, 0.2) is 18.5 Å². The summed E-state index contributed by atoms with van der Waals surface area (Å²) >= 11 is 0. The first-order valence-corrected chi connectivity index (χ1v) is 5.15. The van der Waals surface area contributed by atoms with E-state index >= 15 is 0 Å². The highest BCUT2D eigenvalue weighted by Gasteiger charge is 2.34. The van der Waals surface area contributed by atoms with Crippen LogP contribution in [0.5, 0.6) is 0 Å². The third kappa shape index (κ3) is 3.98. The molecule has 1 aromatic rings. The minimum absolute atomic E-state index is 0.184. The second-order valence-electron chi connectivity index (χ2n) is 3.61. The van der Waals surface area contributed by atoms with Gasteiger partial charge in [0.05, 0.1) is 11.7 Å². The lowest BCUT2D eigenvalue weighted by Gasteiger charge is -2.16. The highest BCUT2D eigenvalue weighted by Crippen LogP contribution is 2.35. The largest absolute Gasteiger partial charge is 0.416 e. The summed E-state index contributed by atoms with van der Waals surface area (Å²) in [5, 5.41) is 9.70. The third-order valence-corrected chi connectivity index (χ3v) is 2.34. The first-order chi connectivity index (χ1) is 7.96. The van der Waals surface area contributed by atoms with Gasteiger partial charge < -0.3 is 9.84 Å². The quantitative estimate of drug-likeness (QED) is 0.815. The Labute approximate surface area is 97.2 Å². The van der Waals surface area contributed by atoms with Gasteiger partial charge in [-0.15, -0.1) is 0 Å². The van der Waals surface area contributed by atoms with Crippen LogP contribution in [0.1, 0.15) is 30.1 Å². The highest BCUT2D eigenvalue weighted by atomic mass is 19.4. The zero-order chi connectivity index (χ0) is 12.9. The van der Waals surface area contributed by atoms with Gasteiger partial charge in [0, 0.05) is 31.7 Å². The first-order valence-electron chi connectivity index (χ1n) is 5.15. The molecule has 96 valence electrons. The maximum atomic E-state index is 12.6. The molecule has 0 radical (unpaired) electrons. The van der Waals surface area contributed by atoms with Crippen molar-refractivity contribution in [2.45, 2.75) is 25.1 Å². The summed E-state index contributed by atoms with van der Waals surface area (Å²) in [6.45, 7) is 0.401. The Hall–Kier alpha value is -1.14. The van der Waals surface area contributed by atoms with Crippen LogP contribution in [-0.2, 0) is 10.9 Å². The van der Waals surface area contributed by atoms with Crippen LogP contribution in [0.2, 0.25) is 0 Å². The zero-order valence-electron chi connectivity index (χ0n) is 9.37. The summed E-state index contributed by atoms with van der Waals surface area (Å²) in [7, 11) is 1.50. The van der Waals surface area contributed by atoms with Gasteiger partial charge in [-0.1, -0.05) is 0 Å². The van der Waals surface area contributed by atoms with Gasteiger partial charge in [-0.2, -0.15) is 13.2 Å². The number of pyridine rings is 1. The van der Waals surface area contributed by atoms with Crippen LogP contribution in [0.4, 0.5) is 13.2 Å². The highest BCUT2D eigenvalue weighted by molar-refractivity contribution is 5.28. The molecule has 0 fully saturated rings. The summed E-state index contributed by atoms with van der Waals surface area (Å²) < 4.78 is 42.7. The average Bonchev–Trinajstić information content (AvgIpc) is 2.28. The number of rotatable bonds is 5. The Morgan fingerprint density at radius 1 is 1.47 bits per heavy atom. The van der Waals surface area contributed by atoms with Crippen molar-refractivity contribution in [2.75, 3.05) is 13.7 Å². The van der Waals surface area contributed by atoms with Gasteiger partial charge in [0.2, 0.25) is 0 Å². The molecule has 1 unspecified atom stereocenters. The number of aliphatic hydroxyl groups is 1. The van der Waals surface area contributed by atoms with Gasteiger partial charge in [-0.25, -0.2) is 0 Å². The number of methoxy groups -OCH3 is 1. The monoisotopic (exact) mass is 249 g/mol. The van der Waals surface area contributed by atoms with E-state index in [1.165, 1.54) is 7.11 Å². The molecule has 17 heavy (non-hydrogen) atoms. The molecule has 3 nitrogen and oxygen atoms in total. The van der Waals surface area contributed by atoms with E-state index in [-0.39, 0.29) is 12.0 Å². The van der Waals surface area contributed by atoms with Gasteiger partial charge >= 0.3 is 6.18 Å². The molecule has 0 spiro atoms. The van der Waals surface area contributed by atoms with E-state index in [0.29, 0.717) is 13.0 Å². The van der Waals surface area contributed by atoms with Crippen molar-refractivity contribution in [1.82, 2.24) is 4.98 Å². The number of ether oxygens (including phenoxy) is 1. The molecule has 0 aliphatic rings. The topological polar surface area (TPSA) is 42.4 Å². The van der Waals surface area contributed by atoms with Crippen molar-refractivity contribution < 1.29 is 23.0 Å². The van der Waals surface area contributed by atoms with E-state index in [4.69, 9.17) is 4.74 Å². The minimum atomic E-state index is -4.47. The second-order valence-corrected chi connectivity index (χ2v) is 3.61. The molecule has 0 aliphatic carbocycles. The maximum Gasteiger partial charge on any atom is 0.416 e. The van der Waals surface area contributed by atoms with Crippen molar-refractivity contribution in [2.24, 2.45) is 0 Å². The van der Waals surface area contributed by atoms with E-state index in [0.717, 1.165) is 18.5 Å². The molecular weight excluding hydrogens is 235 g/mol. The molecule has 0 bridgehead atoms. The maximum absolute atomic E-state index is 12.6. The number of aliphatic hydroxyl groups excluding tert-OH is 1. The summed E-state index contributed by atoms with van der Waals surface area (Å²) in [6.07, 6.45) is -2.82. The number of hydrogen-bond acceptors (Lipinski definition) is 3. The van der Waals surface area contributed by atoms with Crippen molar-refractivity contribution in [3.8, 4) is 0 Å². The van der Waals surface area contributed by atoms with Gasteiger partial charge in [0.15, 0.2) is 0 Å². The number of aromatic nitrogens is 1. The van der Waals surface area contributed by atoms with Crippen molar-refractivity contribution in [3.05, 3.63) is 29.6 Å². The second kappa shape index (κ2) is 5.97. The van der Waals surface area contributed by atoms with Crippen LogP contribution >= 0.6 is 0 Å². The van der Waals surface area contributed by atoms with E-state index in [1.54, 1.807) is 0 Å². The van der Waals surface area contributed by atoms with Gasteiger partial charge in [-0.3, -0.25) is 4.98 Å². The Morgan fingerprint density at radius 3 is 2.76 bits per heavy atom. The lowest BCUT2D eigenvalue weighted by molar-refractivity contribution is -0.139. The molecule has 1 N–H and O–H groups in total. The summed E-state index contributed by atoms with van der Waals surface area (Å²) in [5.41, 5.74) is -1.02. The van der Waals surface area contributed by atoms with Crippen LogP contribution < -0.4 is 0 Å². The number of alkyl halides is 3. The van der Waals surface area contributed by atoms with Crippen molar-refractivity contribution >= 4 is 0 Å². The first kappa shape index (κ1) is 13.9. The summed E-state index contributed by atoms with van der Waals surface area (Å²) in [4.78, 5) is 3.62. The van der Waals surface area contributed by atoms with Gasteiger partial charge in [0.25, 0.3) is 0 Å². The molecule has 1 atom stereocenters. The van der Waals surface area contributed by atoms with Crippen molar-refractivity contribution in [3.63, 3.8) is 0 Å². The standard InChI is InChI=1S/C11H14F3NO2/c1-17-6-2-3-10(16)8-7-15-5-4-9(8)11(12,13)14/h4-5,7,10,16H,2-3,6H2,1H3. The Balaban J connectivity index is 2.82. The van der Waals surface area contributed by atoms with Crippen LogP contribution in [0, 0.1) is 0 Å². The fourth-order valence-electron chi connectivity index (χ4n) is 1.51. The van der Waals surface area contributed by atoms with Gasteiger partial charge in [0.1, 0.15) is 0 Å². The third-order valence-electron chi connectivity index (χ3n) is 2.34. The lowest BCUT2D eigenvalue weighted by atomic mass is 10.0. The molecule has 0 saturated heterocycles. The molecule has 0 aliphatic heterocycles. The summed E-state index contributed by atoms with van der Waals surface area (Å²) in [5.74, 6) is 0. The van der Waals surface area contributed by atoms with Crippen LogP contribution in [-0.4, -0.2) is 23.8 Å². The predicted octanol–water partition coefficient (Wildman–Crippen LogP) is 2.56. The molecule has 0 saturated carbocycles. The number of hydrogen-bond donors (Lipinski definition) is 1. The molecule has 1 aromatic heterocycles. The van der Waals surface area contributed by atoms with E-state index < -0.39 is 17.8 Å². The molecule has 1 heterocycles. The van der Waals surface area contributed by atoms with Gasteiger partial charge in [-0.05, 0) is 18.9 Å². The lowest BCUT2D eigenvalue weighted by Crippen LogP contribution is -2.12. The van der Waals surface area contributed by atoms with E-state index in [1.807, 2.05) is 0 Å². The fraction of sp³-hybridized carbons (Fsp3) is 0.545. The van der Waals surface area contributed by atoms with E-state index in [2.05, 4.69) is 4.98 Å². The fourth-order valence-corrected chi connectivity index (χ4v) is 1.51. The van der Waals surface area contributed by atoms with Crippen LogP contribution in [0.3, 0.4) is 0 Å². The molecule has 0 aromatic carbocycles. The Morgan fingerprint density at radius 2 is 2.18 bits per heavy atom. The molecule has 1 rings (SSSR count). The number of nitrogens with zero attached hydrogens (tertiary/aromatic N) is 1. The Bertz CT molecular complexity index is 355. The number of halogens is 3. The smallest absolute Gasteiger partial charge is 0.388 e. The summed E-state index contributed by atoms with van der Waals surface area (Å²) in [6, 6.07) is 0.870. The SMILES string of the molecule is COCCCC(O)c1cnccc1C(F)(F)F.